The molecule has 1 atom stereocenters. The van der Waals surface area contributed by atoms with Gasteiger partial charge in [0, 0.05) is 24.7 Å². The molecule has 3 aromatic rings. The van der Waals surface area contributed by atoms with Gasteiger partial charge in [0.15, 0.2) is 5.76 Å². The van der Waals surface area contributed by atoms with E-state index in [2.05, 4.69) is 25.5 Å². The van der Waals surface area contributed by atoms with Crippen molar-refractivity contribution >= 4 is 5.78 Å². The second-order valence-electron chi connectivity index (χ2n) is 5.40. The van der Waals surface area contributed by atoms with Crippen LogP contribution in [-0.4, -0.2) is 37.8 Å². The lowest BCUT2D eigenvalue weighted by molar-refractivity contribution is 0.421. The number of rotatable bonds is 2. The summed E-state index contributed by atoms with van der Waals surface area (Å²) >= 11 is 0. The van der Waals surface area contributed by atoms with Crippen molar-refractivity contribution in [3.63, 3.8) is 0 Å². The van der Waals surface area contributed by atoms with Gasteiger partial charge in [-0.05, 0) is 26.3 Å². The SMILES string of the molecule is Cc1cc(-c2cnc3ncnn3c2[C@@H]2CCCNC2)on1. The Labute approximate surface area is 121 Å². The molecule has 7 heteroatoms. The lowest BCUT2D eigenvalue weighted by Gasteiger charge is -2.24. The Kier molecular flexibility index (Phi) is 2.92. The molecule has 108 valence electrons. The van der Waals surface area contributed by atoms with Gasteiger partial charge in [0.25, 0.3) is 5.78 Å². The summed E-state index contributed by atoms with van der Waals surface area (Å²) < 4.78 is 7.26. The first-order chi connectivity index (χ1) is 10.3. The van der Waals surface area contributed by atoms with Crippen LogP contribution in [0.25, 0.3) is 17.1 Å². The minimum atomic E-state index is 0.367. The minimum Gasteiger partial charge on any atom is -0.356 e. The van der Waals surface area contributed by atoms with E-state index in [9.17, 15) is 0 Å². The molecule has 0 aromatic carbocycles. The summed E-state index contributed by atoms with van der Waals surface area (Å²) in [6.07, 6.45) is 5.62. The average Bonchev–Trinajstić information content (AvgIpc) is 3.15. The van der Waals surface area contributed by atoms with Crippen LogP contribution in [0.15, 0.2) is 23.1 Å². The molecular formula is C14H16N6O. The highest BCUT2D eigenvalue weighted by Gasteiger charge is 2.24. The van der Waals surface area contributed by atoms with Crippen LogP contribution in [0.5, 0.6) is 0 Å². The van der Waals surface area contributed by atoms with Gasteiger partial charge in [0.05, 0.1) is 17.0 Å². The highest BCUT2D eigenvalue weighted by molar-refractivity contribution is 5.62. The Morgan fingerprint density at radius 2 is 2.33 bits per heavy atom. The second-order valence-corrected chi connectivity index (χ2v) is 5.40. The molecule has 0 amide bonds. The highest BCUT2D eigenvalue weighted by Crippen LogP contribution is 2.32. The zero-order chi connectivity index (χ0) is 14.2. The van der Waals surface area contributed by atoms with Gasteiger partial charge >= 0.3 is 0 Å². The third-order valence-electron chi connectivity index (χ3n) is 3.92. The molecule has 0 saturated carbocycles. The van der Waals surface area contributed by atoms with Crippen LogP contribution >= 0.6 is 0 Å². The van der Waals surface area contributed by atoms with E-state index in [4.69, 9.17) is 4.52 Å². The van der Waals surface area contributed by atoms with Crippen LogP contribution in [0.1, 0.15) is 30.1 Å². The van der Waals surface area contributed by atoms with Gasteiger partial charge in [0.2, 0.25) is 0 Å². The van der Waals surface area contributed by atoms with Crippen molar-refractivity contribution in [3.8, 4) is 11.3 Å². The van der Waals surface area contributed by atoms with Crippen molar-refractivity contribution in [3.05, 3.63) is 30.0 Å². The predicted octanol–water partition coefficient (Wildman–Crippen LogP) is 1.55. The molecule has 4 heterocycles. The number of piperidine rings is 1. The molecular weight excluding hydrogens is 268 g/mol. The van der Waals surface area contributed by atoms with Crippen molar-refractivity contribution in [1.29, 1.82) is 0 Å². The molecule has 1 N–H and O–H groups in total. The van der Waals surface area contributed by atoms with E-state index in [1.807, 2.05) is 23.7 Å². The van der Waals surface area contributed by atoms with Crippen molar-refractivity contribution in [2.24, 2.45) is 0 Å². The number of nitrogens with zero attached hydrogens (tertiary/aromatic N) is 5. The third kappa shape index (κ3) is 2.09. The zero-order valence-electron chi connectivity index (χ0n) is 11.8. The molecule has 0 bridgehead atoms. The Morgan fingerprint density at radius 1 is 1.38 bits per heavy atom. The van der Waals surface area contributed by atoms with E-state index in [0.717, 1.165) is 48.6 Å². The number of nitrogens with one attached hydrogen (secondary N) is 1. The maximum atomic E-state index is 5.44. The normalized spacial score (nSPS) is 19.2. The first-order valence-corrected chi connectivity index (χ1v) is 7.16. The number of aryl methyl sites for hydroxylation is 1. The smallest absolute Gasteiger partial charge is 0.252 e. The van der Waals surface area contributed by atoms with Crippen molar-refractivity contribution in [1.82, 2.24) is 30.1 Å². The van der Waals surface area contributed by atoms with Crippen LogP contribution < -0.4 is 5.32 Å². The molecule has 0 spiro atoms. The molecule has 4 rings (SSSR count). The van der Waals surface area contributed by atoms with Gasteiger partial charge in [-0.15, -0.1) is 0 Å². The van der Waals surface area contributed by atoms with E-state index in [1.165, 1.54) is 6.33 Å². The summed E-state index contributed by atoms with van der Waals surface area (Å²) in [6.45, 7) is 3.91. The summed E-state index contributed by atoms with van der Waals surface area (Å²) in [7, 11) is 0. The topological polar surface area (TPSA) is 81.1 Å². The quantitative estimate of drug-likeness (QED) is 0.769. The summed E-state index contributed by atoms with van der Waals surface area (Å²) in [4.78, 5) is 8.55. The summed E-state index contributed by atoms with van der Waals surface area (Å²) in [5, 5.41) is 11.8. The molecule has 3 aromatic heterocycles. The van der Waals surface area contributed by atoms with Gasteiger partial charge in [-0.2, -0.15) is 10.1 Å². The summed E-state index contributed by atoms with van der Waals surface area (Å²) in [5.41, 5.74) is 2.90. The van der Waals surface area contributed by atoms with Crippen molar-refractivity contribution in [2.75, 3.05) is 13.1 Å². The first kappa shape index (κ1) is 12.5. The van der Waals surface area contributed by atoms with E-state index in [0.29, 0.717) is 11.7 Å². The second kappa shape index (κ2) is 4.92. The van der Waals surface area contributed by atoms with Crippen LogP contribution in [0.3, 0.4) is 0 Å². The standard InChI is InChI=1S/C14H16N6O/c1-9-5-12(21-19-9)11-7-16-14-17-8-18-20(14)13(11)10-3-2-4-15-6-10/h5,7-8,10,15H,2-4,6H2,1H3/t10-/m1/s1. The molecule has 21 heavy (non-hydrogen) atoms. The van der Waals surface area contributed by atoms with Crippen LogP contribution in [0, 0.1) is 6.92 Å². The molecule has 0 radical (unpaired) electrons. The monoisotopic (exact) mass is 284 g/mol. The maximum Gasteiger partial charge on any atom is 0.252 e. The third-order valence-corrected chi connectivity index (χ3v) is 3.92. The van der Waals surface area contributed by atoms with Crippen LogP contribution in [0.4, 0.5) is 0 Å². The van der Waals surface area contributed by atoms with Crippen LogP contribution in [0.2, 0.25) is 0 Å². The van der Waals surface area contributed by atoms with Gasteiger partial charge in [-0.25, -0.2) is 9.50 Å². The van der Waals surface area contributed by atoms with E-state index in [-0.39, 0.29) is 0 Å². The molecule has 1 fully saturated rings. The van der Waals surface area contributed by atoms with Gasteiger partial charge in [-0.1, -0.05) is 5.16 Å². The molecule has 7 nitrogen and oxygen atoms in total. The van der Waals surface area contributed by atoms with Gasteiger partial charge in [0.1, 0.15) is 6.33 Å². The molecule has 1 aliphatic heterocycles. The maximum absolute atomic E-state index is 5.44. The number of hydrogen-bond donors (Lipinski definition) is 1. The van der Waals surface area contributed by atoms with Crippen LogP contribution in [-0.2, 0) is 0 Å². The number of fused-ring (bicyclic) bond motifs is 1. The lowest BCUT2D eigenvalue weighted by atomic mass is 9.92. The van der Waals surface area contributed by atoms with E-state index >= 15 is 0 Å². The Balaban J connectivity index is 1.92. The Morgan fingerprint density at radius 3 is 3.10 bits per heavy atom. The fourth-order valence-corrected chi connectivity index (χ4v) is 2.95. The fourth-order valence-electron chi connectivity index (χ4n) is 2.95. The lowest BCUT2D eigenvalue weighted by Crippen LogP contribution is -2.30. The minimum absolute atomic E-state index is 0.367. The first-order valence-electron chi connectivity index (χ1n) is 7.16. The van der Waals surface area contributed by atoms with Gasteiger partial charge in [-0.3, -0.25) is 0 Å². The zero-order valence-corrected chi connectivity index (χ0v) is 11.8. The molecule has 1 saturated heterocycles. The molecule has 1 aliphatic rings. The predicted molar refractivity (Wildman–Crippen MR) is 75.9 cm³/mol. The molecule has 0 aliphatic carbocycles. The fraction of sp³-hybridized carbons (Fsp3) is 0.429. The van der Waals surface area contributed by atoms with Gasteiger partial charge < -0.3 is 9.84 Å². The highest BCUT2D eigenvalue weighted by atomic mass is 16.5. The number of hydrogen-bond acceptors (Lipinski definition) is 6. The summed E-state index contributed by atoms with van der Waals surface area (Å²) in [5.74, 6) is 1.72. The van der Waals surface area contributed by atoms with Crippen molar-refractivity contribution in [2.45, 2.75) is 25.7 Å². The van der Waals surface area contributed by atoms with Crippen molar-refractivity contribution < 1.29 is 4.52 Å². The largest absolute Gasteiger partial charge is 0.356 e. The Hall–Kier alpha value is -2.28. The number of aromatic nitrogens is 5. The van der Waals surface area contributed by atoms with E-state index < -0.39 is 0 Å². The average molecular weight is 284 g/mol. The molecule has 0 unspecified atom stereocenters. The Bertz CT molecular complexity index is 771. The van der Waals surface area contributed by atoms with E-state index in [1.54, 1.807) is 0 Å². The summed E-state index contributed by atoms with van der Waals surface area (Å²) in [6, 6.07) is 1.93.